The molecule has 0 spiro atoms. The molecule has 0 aliphatic carbocycles. The van der Waals surface area contributed by atoms with E-state index < -0.39 is 0 Å². The van der Waals surface area contributed by atoms with Crippen molar-refractivity contribution in [3.8, 4) is 12.3 Å². The van der Waals surface area contributed by atoms with Gasteiger partial charge >= 0.3 is 6.09 Å². The topological polar surface area (TPSA) is 29.5 Å². The molecular weight excluding hydrogens is 202 g/mol. The van der Waals surface area contributed by atoms with Gasteiger partial charge in [0, 0.05) is 0 Å². The molecule has 0 radical (unpaired) electrons. The summed E-state index contributed by atoms with van der Waals surface area (Å²) in [6.07, 6.45) is 5.71. The normalized spacial score (nSPS) is 19.3. The number of hydrogen-bond acceptors (Lipinski definition) is 2. The molecule has 3 heteroatoms. The third-order valence-electron chi connectivity index (χ3n) is 2.65. The van der Waals surface area contributed by atoms with E-state index in [1.54, 1.807) is 4.90 Å². The molecule has 1 amide bonds. The molecule has 0 aromatic heterocycles. The Labute approximate surface area is 95.0 Å². The van der Waals surface area contributed by atoms with Crippen molar-refractivity contribution in [3.63, 3.8) is 0 Å². The summed E-state index contributed by atoms with van der Waals surface area (Å²) in [5, 5.41) is 0. The van der Waals surface area contributed by atoms with Crippen LogP contribution < -0.4 is 0 Å². The van der Waals surface area contributed by atoms with Crippen LogP contribution in [-0.2, 0) is 11.2 Å². The second kappa shape index (κ2) is 4.71. The Hall–Kier alpha value is -1.95. The SMILES string of the molecule is C#CCN1C(=O)OCC1Cc1ccccc1. The highest BCUT2D eigenvalue weighted by Crippen LogP contribution is 2.16. The van der Waals surface area contributed by atoms with E-state index in [-0.39, 0.29) is 12.1 Å². The van der Waals surface area contributed by atoms with E-state index in [0.29, 0.717) is 13.2 Å². The molecule has 0 bridgehead atoms. The van der Waals surface area contributed by atoms with Crippen molar-refractivity contribution in [2.45, 2.75) is 12.5 Å². The van der Waals surface area contributed by atoms with Crippen LogP contribution in [0.4, 0.5) is 4.79 Å². The lowest BCUT2D eigenvalue weighted by Gasteiger charge is -2.18. The van der Waals surface area contributed by atoms with E-state index >= 15 is 0 Å². The fraction of sp³-hybridized carbons (Fsp3) is 0.308. The summed E-state index contributed by atoms with van der Waals surface area (Å²) in [4.78, 5) is 13.0. The van der Waals surface area contributed by atoms with Gasteiger partial charge in [-0.05, 0) is 12.0 Å². The minimum atomic E-state index is -0.307. The molecule has 1 fully saturated rings. The van der Waals surface area contributed by atoms with E-state index in [1.807, 2.05) is 30.3 Å². The summed E-state index contributed by atoms with van der Waals surface area (Å²) in [7, 11) is 0. The molecule has 16 heavy (non-hydrogen) atoms. The van der Waals surface area contributed by atoms with Gasteiger partial charge in [-0.1, -0.05) is 36.3 Å². The first-order valence-electron chi connectivity index (χ1n) is 5.22. The maximum atomic E-state index is 11.4. The van der Waals surface area contributed by atoms with Gasteiger partial charge < -0.3 is 4.74 Å². The largest absolute Gasteiger partial charge is 0.447 e. The van der Waals surface area contributed by atoms with Gasteiger partial charge in [0.15, 0.2) is 0 Å². The van der Waals surface area contributed by atoms with Gasteiger partial charge in [-0.15, -0.1) is 6.42 Å². The van der Waals surface area contributed by atoms with Crippen molar-refractivity contribution >= 4 is 6.09 Å². The third-order valence-corrected chi connectivity index (χ3v) is 2.65. The molecule has 1 unspecified atom stereocenters. The van der Waals surface area contributed by atoms with Gasteiger partial charge in [-0.3, -0.25) is 4.90 Å². The minimum Gasteiger partial charge on any atom is -0.447 e. The number of benzene rings is 1. The number of cyclic esters (lactones) is 1. The third kappa shape index (κ3) is 2.17. The van der Waals surface area contributed by atoms with Crippen LogP contribution in [0.2, 0.25) is 0 Å². The number of carbonyl (C=O) groups is 1. The van der Waals surface area contributed by atoms with Crippen LogP contribution in [0.5, 0.6) is 0 Å². The van der Waals surface area contributed by atoms with Gasteiger partial charge in [0.2, 0.25) is 0 Å². The quantitative estimate of drug-likeness (QED) is 0.718. The standard InChI is InChI=1S/C13H13NO2/c1-2-8-14-12(10-16-13(14)15)9-11-6-4-3-5-7-11/h1,3-7,12H,8-10H2. The lowest BCUT2D eigenvalue weighted by molar-refractivity contribution is 0.161. The van der Waals surface area contributed by atoms with Gasteiger partial charge in [-0.25, -0.2) is 4.79 Å². The van der Waals surface area contributed by atoms with Gasteiger partial charge in [-0.2, -0.15) is 0 Å². The summed E-state index contributed by atoms with van der Waals surface area (Å²) in [6, 6.07) is 10.1. The molecule has 3 nitrogen and oxygen atoms in total. The fourth-order valence-electron chi connectivity index (χ4n) is 1.84. The Balaban J connectivity index is 2.05. The lowest BCUT2D eigenvalue weighted by Crippen LogP contribution is -2.35. The molecule has 1 aromatic rings. The van der Waals surface area contributed by atoms with Gasteiger partial charge in [0.1, 0.15) is 6.61 Å². The molecule has 1 atom stereocenters. The first-order valence-corrected chi connectivity index (χ1v) is 5.22. The molecule has 82 valence electrons. The first kappa shape index (κ1) is 10.6. The van der Waals surface area contributed by atoms with Crippen molar-refractivity contribution in [3.05, 3.63) is 35.9 Å². The second-order valence-electron chi connectivity index (χ2n) is 3.75. The Bertz CT molecular complexity index is 408. The van der Waals surface area contributed by atoms with Crippen LogP contribution in [0.1, 0.15) is 5.56 Å². The number of hydrogen-bond donors (Lipinski definition) is 0. The summed E-state index contributed by atoms with van der Waals surface area (Å²) >= 11 is 0. The number of carbonyl (C=O) groups excluding carboxylic acids is 1. The van der Waals surface area contributed by atoms with Crippen LogP contribution in [-0.4, -0.2) is 30.2 Å². The fourth-order valence-corrected chi connectivity index (χ4v) is 1.84. The Morgan fingerprint density at radius 3 is 2.88 bits per heavy atom. The lowest BCUT2D eigenvalue weighted by atomic mass is 10.1. The number of rotatable bonds is 3. The average Bonchev–Trinajstić information content (AvgIpc) is 2.64. The molecular formula is C13H13NO2. The molecule has 2 rings (SSSR count). The molecule has 1 saturated heterocycles. The van der Waals surface area contributed by atoms with Crippen molar-refractivity contribution < 1.29 is 9.53 Å². The van der Waals surface area contributed by atoms with Crippen LogP contribution in [0.15, 0.2) is 30.3 Å². The number of amides is 1. The van der Waals surface area contributed by atoms with Crippen molar-refractivity contribution in [2.75, 3.05) is 13.2 Å². The predicted molar refractivity (Wildman–Crippen MR) is 60.8 cm³/mol. The Morgan fingerprint density at radius 1 is 1.44 bits per heavy atom. The van der Waals surface area contributed by atoms with Crippen molar-refractivity contribution in [1.29, 1.82) is 0 Å². The molecule has 1 aromatic carbocycles. The molecule has 1 heterocycles. The van der Waals surface area contributed by atoms with E-state index in [4.69, 9.17) is 11.2 Å². The molecule has 0 saturated carbocycles. The van der Waals surface area contributed by atoms with Crippen molar-refractivity contribution in [1.82, 2.24) is 4.90 Å². The van der Waals surface area contributed by atoms with E-state index in [9.17, 15) is 4.79 Å². The highest BCUT2D eigenvalue weighted by Gasteiger charge is 2.31. The Morgan fingerprint density at radius 2 is 2.19 bits per heavy atom. The van der Waals surface area contributed by atoms with Crippen LogP contribution in [0.25, 0.3) is 0 Å². The maximum Gasteiger partial charge on any atom is 0.411 e. The van der Waals surface area contributed by atoms with E-state index in [0.717, 1.165) is 6.42 Å². The average molecular weight is 215 g/mol. The number of terminal acetylenes is 1. The first-order chi connectivity index (χ1) is 7.81. The van der Waals surface area contributed by atoms with Gasteiger partial charge in [0.25, 0.3) is 0 Å². The van der Waals surface area contributed by atoms with E-state index in [2.05, 4.69) is 5.92 Å². The summed E-state index contributed by atoms with van der Waals surface area (Å²) < 4.78 is 4.99. The molecule has 0 N–H and O–H groups in total. The smallest absolute Gasteiger partial charge is 0.411 e. The number of ether oxygens (including phenoxy) is 1. The zero-order valence-corrected chi connectivity index (χ0v) is 8.93. The monoisotopic (exact) mass is 215 g/mol. The molecule has 1 aliphatic heterocycles. The summed E-state index contributed by atoms with van der Waals surface area (Å²) in [5.74, 6) is 2.48. The van der Waals surface area contributed by atoms with E-state index in [1.165, 1.54) is 5.56 Å². The van der Waals surface area contributed by atoms with Crippen LogP contribution >= 0.6 is 0 Å². The highest BCUT2D eigenvalue weighted by atomic mass is 16.6. The summed E-state index contributed by atoms with van der Waals surface area (Å²) in [5.41, 5.74) is 1.19. The second-order valence-corrected chi connectivity index (χ2v) is 3.75. The highest BCUT2D eigenvalue weighted by molar-refractivity contribution is 5.70. The minimum absolute atomic E-state index is 0.0611. The van der Waals surface area contributed by atoms with Crippen LogP contribution in [0, 0.1) is 12.3 Å². The zero-order chi connectivity index (χ0) is 11.4. The van der Waals surface area contributed by atoms with Crippen molar-refractivity contribution in [2.24, 2.45) is 0 Å². The predicted octanol–water partition coefficient (Wildman–Crippen LogP) is 1.68. The molecule has 1 aliphatic rings. The summed E-state index contributed by atoms with van der Waals surface area (Å²) in [6.45, 7) is 0.742. The Kier molecular flexibility index (Phi) is 3.11. The maximum absolute atomic E-state index is 11.4. The van der Waals surface area contributed by atoms with Gasteiger partial charge in [0.05, 0.1) is 12.6 Å². The van der Waals surface area contributed by atoms with Crippen LogP contribution in [0.3, 0.4) is 0 Å². The zero-order valence-electron chi connectivity index (χ0n) is 8.93. The number of nitrogens with zero attached hydrogens (tertiary/aromatic N) is 1.